The van der Waals surface area contributed by atoms with Crippen molar-refractivity contribution in [2.45, 2.75) is 52.0 Å². The number of nitrogens with one attached hydrogen (secondary N) is 1. The summed E-state index contributed by atoms with van der Waals surface area (Å²) < 4.78 is 18.7. The molecular weight excluding hydrogens is 385 g/mol. The molecule has 1 aliphatic heterocycles. The summed E-state index contributed by atoms with van der Waals surface area (Å²) in [5.74, 6) is 0.997. The first-order valence-corrected chi connectivity index (χ1v) is 10.6. The minimum absolute atomic E-state index is 0.130. The number of nitrogens with zero attached hydrogens (tertiary/aromatic N) is 4. The lowest BCUT2D eigenvalue weighted by Gasteiger charge is -2.28. The van der Waals surface area contributed by atoms with E-state index in [0.717, 1.165) is 54.8 Å². The molecule has 7 nitrogen and oxygen atoms in total. The van der Waals surface area contributed by atoms with E-state index in [2.05, 4.69) is 20.4 Å². The Labute approximate surface area is 174 Å². The van der Waals surface area contributed by atoms with Crippen LogP contribution in [0.3, 0.4) is 0 Å². The van der Waals surface area contributed by atoms with Gasteiger partial charge in [0.2, 0.25) is 5.91 Å². The van der Waals surface area contributed by atoms with Crippen molar-refractivity contribution < 1.29 is 13.7 Å². The number of halogens is 1. The maximum Gasteiger partial charge on any atom is 0.263 e. The van der Waals surface area contributed by atoms with Crippen molar-refractivity contribution in [2.75, 3.05) is 18.0 Å². The summed E-state index contributed by atoms with van der Waals surface area (Å²) in [5, 5.41) is 7.87. The number of anilines is 1. The van der Waals surface area contributed by atoms with E-state index < -0.39 is 0 Å². The average molecular weight is 411 g/mol. The standard InChI is InChI=1S/C22H26FN5O2/c1-2-17-20-21(28-11-4-3-5-12-28)25-18(26-22(20)30-27-17)9-10-19(29)24-14-15-7-6-8-16(23)13-15/h6-8,13H,2-5,9-12,14H2,1H3,(H,24,29). The normalized spacial score (nSPS) is 14.3. The van der Waals surface area contributed by atoms with Crippen LogP contribution < -0.4 is 10.2 Å². The van der Waals surface area contributed by atoms with Gasteiger partial charge >= 0.3 is 0 Å². The number of amides is 1. The zero-order chi connectivity index (χ0) is 20.9. The molecule has 0 spiro atoms. The Morgan fingerprint density at radius 2 is 2.07 bits per heavy atom. The Morgan fingerprint density at radius 3 is 2.83 bits per heavy atom. The van der Waals surface area contributed by atoms with Crippen LogP contribution in [0.2, 0.25) is 0 Å². The number of piperidine rings is 1. The molecular formula is C22H26FN5O2. The monoisotopic (exact) mass is 411 g/mol. The molecule has 0 aliphatic carbocycles. The number of rotatable bonds is 7. The van der Waals surface area contributed by atoms with E-state index in [4.69, 9.17) is 9.51 Å². The smallest absolute Gasteiger partial charge is 0.263 e. The van der Waals surface area contributed by atoms with Crippen LogP contribution in [0.25, 0.3) is 11.1 Å². The SMILES string of the molecule is CCc1noc2nc(CCC(=O)NCc3cccc(F)c3)nc(N3CCCCC3)c12. The fourth-order valence-electron chi connectivity index (χ4n) is 3.78. The number of benzene rings is 1. The summed E-state index contributed by atoms with van der Waals surface area (Å²) in [6.07, 6.45) is 4.89. The van der Waals surface area contributed by atoms with E-state index in [1.165, 1.54) is 18.6 Å². The quantitative estimate of drug-likeness (QED) is 0.640. The molecule has 0 saturated carbocycles. The number of carbonyl (C=O) groups is 1. The molecule has 1 aromatic carbocycles. The van der Waals surface area contributed by atoms with Crippen molar-refractivity contribution in [3.8, 4) is 0 Å². The maximum atomic E-state index is 13.3. The first-order valence-electron chi connectivity index (χ1n) is 10.6. The van der Waals surface area contributed by atoms with Crippen molar-refractivity contribution in [1.82, 2.24) is 20.4 Å². The van der Waals surface area contributed by atoms with E-state index >= 15 is 0 Å². The van der Waals surface area contributed by atoms with Gasteiger partial charge in [-0.25, -0.2) is 9.37 Å². The van der Waals surface area contributed by atoms with Gasteiger partial charge in [-0.15, -0.1) is 0 Å². The number of hydrogen-bond acceptors (Lipinski definition) is 6. The lowest BCUT2D eigenvalue weighted by Crippen LogP contribution is -2.31. The van der Waals surface area contributed by atoms with Gasteiger partial charge in [-0.05, 0) is 43.4 Å². The number of carbonyl (C=O) groups excluding carboxylic acids is 1. The van der Waals surface area contributed by atoms with Gasteiger partial charge in [0.15, 0.2) is 0 Å². The lowest BCUT2D eigenvalue weighted by atomic mass is 10.1. The van der Waals surface area contributed by atoms with Crippen LogP contribution in [0, 0.1) is 5.82 Å². The number of fused-ring (bicyclic) bond motifs is 1. The van der Waals surface area contributed by atoms with Crippen molar-refractivity contribution in [3.63, 3.8) is 0 Å². The average Bonchev–Trinajstić information content (AvgIpc) is 3.19. The van der Waals surface area contributed by atoms with Crippen molar-refractivity contribution in [2.24, 2.45) is 0 Å². The molecule has 158 valence electrons. The Balaban J connectivity index is 1.46. The summed E-state index contributed by atoms with van der Waals surface area (Å²) in [5.41, 5.74) is 2.07. The Hall–Kier alpha value is -3.03. The van der Waals surface area contributed by atoms with E-state index in [-0.39, 0.29) is 24.7 Å². The van der Waals surface area contributed by atoms with E-state index in [1.54, 1.807) is 12.1 Å². The van der Waals surface area contributed by atoms with Gasteiger partial charge in [0.1, 0.15) is 22.8 Å². The van der Waals surface area contributed by atoms with Crippen LogP contribution in [-0.4, -0.2) is 34.1 Å². The Morgan fingerprint density at radius 1 is 1.23 bits per heavy atom. The third-order valence-electron chi connectivity index (χ3n) is 5.38. The zero-order valence-electron chi connectivity index (χ0n) is 17.2. The number of aromatic nitrogens is 3. The minimum atomic E-state index is -0.313. The molecule has 0 unspecified atom stereocenters. The molecule has 0 atom stereocenters. The fraction of sp³-hybridized carbons (Fsp3) is 0.455. The van der Waals surface area contributed by atoms with E-state index in [1.807, 2.05) is 6.92 Å². The maximum absolute atomic E-state index is 13.3. The van der Waals surface area contributed by atoms with Crippen LogP contribution in [0.1, 0.15) is 49.7 Å². The molecule has 1 fully saturated rings. The molecule has 8 heteroatoms. The van der Waals surface area contributed by atoms with Gasteiger partial charge in [0.25, 0.3) is 5.71 Å². The highest BCUT2D eigenvalue weighted by atomic mass is 19.1. The largest absolute Gasteiger partial charge is 0.356 e. The van der Waals surface area contributed by atoms with Crippen LogP contribution in [0.4, 0.5) is 10.2 Å². The number of hydrogen-bond donors (Lipinski definition) is 1. The molecule has 3 heterocycles. The highest BCUT2D eigenvalue weighted by molar-refractivity contribution is 5.88. The molecule has 1 amide bonds. The first kappa shape index (κ1) is 20.3. The van der Waals surface area contributed by atoms with Crippen molar-refractivity contribution in [3.05, 3.63) is 47.2 Å². The molecule has 2 aromatic heterocycles. The highest BCUT2D eigenvalue weighted by Gasteiger charge is 2.22. The molecule has 30 heavy (non-hydrogen) atoms. The van der Waals surface area contributed by atoms with E-state index in [9.17, 15) is 9.18 Å². The topological polar surface area (TPSA) is 84.1 Å². The van der Waals surface area contributed by atoms with Gasteiger partial charge in [-0.1, -0.05) is 24.2 Å². The predicted octanol–water partition coefficient (Wildman–Crippen LogP) is 3.56. The number of aryl methyl sites for hydroxylation is 2. The second kappa shape index (κ2) is 9.19. The molecule has 3 aromatic rings. The molecule has 1 N–H and O–H groups in total. The summed E-state index contributed by atoms with van der Waals surface area (Å²) in [6.45, 7) is 4.23. The summed E-state index contributed by atoms with van der Waals surface area (Å²) in [4.78, 5) is 23.8. The van der Waals surface area contributed by atoms with E-state index in [0.29, 0.717) is 18.0 Å². The van der Waals surface area contributed by atoms with Gasteiger partial charge in [0, 0.05) is 32.5 Å². The first-order chi connectivity index (χ1) is 14.6. The zero-order valence-corrected chi connectivity index (χ0v) is 17.2. The fourth-order valence-corrected chi connectivity index (χ4v) is 3.78. The van der Waals surface area contributed by atoms with Gasteiger partial charge in [-0.2, -0.15) is 4.98 Å². The minimum Gasteiger partial charge on any atom is -0.356 e. The Bertz CT molecular complexity index is 1030. The third-order valence-corrected chi connectivity index (χ3v) is 5.38. The van der Waals surface area contributed by atoms with Crippen molar-refractivity contribution >= 4 is 22.8 Å². The van der Waals surface area contributed by atoms with Crippen LogP contribution in [-0.2, 0) is 24.2 Å². The van der Waals surface area contributed by atoms with Crippen LogP contribution in [0.5, 0.6) is 0 Å². The summed E-state index contributed by atoms with van der Waals surface area (Å²) in [7, 11) is 0. The van der Waals surface area contributed by atoms with Crippen molar-refractivity contribution in [1.29, 1.82) is 0 Å². The molecule has 1 aliphatic rings. The second-order valence-corrected chi connectivity index (χ2v) is 7.58. The van der Waals surface area contributed by atoms with Crippen LogP contribution in [0.15, 0.2) is 28.8 Å². The third kappa shape index (κ3) is 4.58. The van der Waals surface area contributed by atoms with Gasteiger partial charge in [-0.3, -0.25) is 4.79 Å². The molecule has 4 rings (SSSR count). The van der Waals surface area contributed by atoms with Gasteiger partial charge < -0.3 is 14.7 Å². The molecule has 0 radical (unpaired) electrons. The lowest BCUT2D eigenvalue weighted by molar-refractivity contribution is -0.121. The predicted molar refractivity (Wildman–Crippen MR) is 112 cm³/mol. The molecule has 1 saturated heterocycles. The summed E-state index contributed by atoms with van der Waals surface area (Å²) in [6, 6.07) is 6.20. The second-order valence-electron chi connectivity index (χ2n) is 7.58. The molecule has 0 bridgehead atoms. The highest BCUT2D eigenvalue weighted by Crippen LogP contribution is 2.29. The van der Waals surface area contributed by atoms with Crippen LogP contribution >= 0.6 is 0 Å². The summed E-state index contributed by atoms with van der Waals surface area (Å²) >= 11 is 0. The Kier molecular flexibility index (Phi) is 6.21. The van der Waals surface area contributed by atoms with Gasteiger partial charge in [0.05, 0.1) is 5.69 Å².